The normalized spacial score (nSPS) is 10.6. The summed E-state index contributed by atoms with van der Waals surface area (Å²) >= 11 is 0. The molecule has 0 fully saturated rings. The molecule has 254 valence electrons. The van der Waals surface area contributed by atoms with Crippen LogP contribution < -0.4 is 0 Å². The molecular formula is C36H21N9O6Ru. The summed E-state index contributed by atoms with van der Waals surface area (Å²) in [6.45, 7) is 0. The molecule has 0 spiro atoms. The average molecular weight is 777 g/mol. The molecule has 9 rings (SSSR count). The molecule has 0 bridgehead atoms. The van der Waals surface area contributed by atoms with Crippen LogP contribution in [-0.4, -0.2) is 44.7 Å². The number of hydrogen-bond acceptors (Lipinski definition) is 12. The second-order valence-electron chi connectivity index (χ2n) is 10.9. The van der Waals surface area contributed by atoms with Gasteiger partial charge in [-0.25, -0.2) is 0 Å². The molecule has 0 atom stereocenters. The maximum Gasteiger partial charge on any atom is 0.279 e. The Bertz CT molecular complexity index is 2530. The van der Waals surface area contributed by atoms with E-state index in [9.17, 15) is 30.3 Å². The molecule has 0 amide bonds. The van der Waals surface area contributed by atoms with Crippen LogP contribution >= 0.6 is 0 Å². The second kappa shape index (κ2) is 14.8. The van der Waals surface area contributed by atoms with Crippen LogP contribution in [0.25, 0.3) is 65.4 Å². The van der Waals surface area contributed by atoms with Gasteiger partial charge in [-0.3, -0.25) is 60.2 Å². The van der Waals surface area contributed by atoms with Gasteiger partial charge in [-0.15, -0.1) is 0 Å². The summed E-state index contributed by atoms with van der Waals surface area (Å²) in [5, 5.41) is 36.8. The van der Waals surface area contributed by atoms with E-state index in [4.69, 9.17) is 0 Å². The zero-order valence-corrected chi connectivity index (χ0v) is 28.2. The second-order valence-corrected chi connectivity index (χ2v) is 10.9. The minimum Gasteiger partial charge on any atom is -0.258 e. The molecule has 0 aliphatic rings. The number of nitro groups is 3. The van der Waals surface area contributed by atoms with E-state index in [0.717, 1.165) is 16.2 Å². The van der Waals surface area contributed by atoms with Gasteiger partial charge in [-0.2, -0.15) is 0 Å². The number of fused-ring (bicyclic) bond motifs is 9. The minimum absolute atomic E-state index is 0. The van der Waals surface area contributed by atoms with E-state index in [-0.39, 0.29) is 36.5 Å². The fraction of sp³-hybridized carbons (Fsp3) is 0. The summed E-state index contributed by atoms with van der Waals surface area (Å²) in [7, 11) is 0. The van der Waals surface area contributed by atoms with Gasteiger partial charge in [0, 0.05) is 91.0 Å². The average Bonchev–Trinajstić information content (AvgIpc) is 3.17. The van der Waals surface area contributed by atoms with Crippen LogP contribution in [0.15, 0.2) is 128 Å². The zero-order valence-electron chi connectivity index (χ0n) is 26.5. The third-order valence-electron chi connectivity index (χ3n) is 7.91. The maximum atomic E-state index is 11.0. The third kappa shape index (κ3) is 6.61. The van der Waals surface area contributed by atoms with Gasteiger partial charge < -0.3 is 0 Å². The minimum atomic E-state index is -0.392. The van der Waals surface area contributed by atoms with E-state index < -0.39 is 14.8 Å². The Morgan fingerprint density at radius 3 is 0.846 bits per heavy atom. The first kappa shape index (κ1) is 34.8. The molecule has 3 aromatic carbocycles. The fourth-order valence-electron chi connectivity index (χ4n) is 5.73. The SMILES string of the molecule is O=[N+]([O-])c1cc2cccnc2c2ncccc12.O=[N+]([O-])c1cc2cccnc2c2ncccc12.O=[N+]([O-])c1cc2cccnc2c2ncccc12.[Ru]. The smallest absolute Gasteiger partial charge is 0.258 e. The number of benzene rings is 3. The standard InChI is InChI=1S/3C12H7N3O2.Ru/c3*16-15(17)10-7-8-3-1-5-13-11(8)12-9(10)4-2-6-14-12;/h3*1-7H;. The van der Waals surface area contributed by atoms with Crippen molar-refractivity contribution in [1.82, 2.24) is 29.9 Å². The van der Waals surface area contributed by atoms with Crippen LogP contribution in [0.2, 0.25) is 0 Å². The monoisotopic (exact) mass is 777 g/mol. The summed E-state index contributed by atoms with van der Waals surface area (Å²) < 4.78 is 0. The Hall–Kier alpha value is -7.06. The number of non-ortho nitro benzene ring substituents is 3. The maximum absolute atomic E-state index is 11.0. The number of nitro benzene ring substituents is 3. The molecular weight excluding hydrogens is 756 g/mol. The number of hydrogen-bond donors (Lipinski definition) is 0. The molecule has 15 nitrogen and oxygen atoms in total. The number of nitrogens with zero attached hydrogens (tertiary/aromatic N) is 9. The van der Waals surface area contributed by atoms with Crippen molar-refractivity contribution in [2.75, 3.05) is 0 Å². The van der Waals surface area contributed by atoms with Crippen LogP contribution in [-0.2, 0) is 19.5 Å². The largest absolute Gasteiger partial charge is 0.279 e. The Labute approximate surface area is 304 Å². The zero-order chi connectivity index (χ0) is 35.5. The topological polar surface area (TPSA) is 207 Å². The van der Waals surface area contributed by atoms with Crippen LogP contribution in [0.5, 0.6) is 0 Å². The molecule has 0 radical (unpaired) electrons. The summed E-state index contributed by atoms with van der Waals surface area (Å²) in [5.41, 5.74) is 3.96. The van der Waals surface area contributed by atoms with E-state index >= 15 is 0 Å². The van der Waals surface area contributed by atoms with E-state index in [2.05, 4.69) is 29.9 Å². The molecule has 6 aromatic heterocycles. The Morgan fingerprint density at radius 2 is 0.596 bits per heavy atom. The van der Waals surface area contributed by atoms with Crippen molar-refractivity contribution >= 4 is 82.5 Å². The number of pyridine rings is 6. The first-order valence-corrected chi connectivity index (χ1v) is 15.1. The van der Waals surface area contributed by atoms with Crippen LogP contribution in [0.3, 0.4) is 0 Å². The summed E-state index contributed by atoms with van der Waals surface area (Å²) in [4.78, 5) is 57.1. The predicted octanol–water partition coefficient (Wildman–Crippen LogP) is 8.07. The van der Waals surface area contributed by atoms with Crippen molar-refractivity contribution in [3.8, 4) is 0 Å². The van der Waals surface area contributed by atoms with Crippen molar-refractivity contribution in [1.29, 1.82) is 0 Å². The van der Waals surface area contributed by atoms with Gasteiger partial charge in [-0.05, 0) is 54.6 Å². The van der Waals surface area contributed by atoms with Crippen molar-refractivity contribution in [3.05, 3.63) is 159 Å². The molecule has 0 aliphatic carbocycles. The van der Waals surface area contributed by atoms with Gasteiger partial charge in [0.2, 0.25) is 0 Å². The molecule has 0 N–H and O–H groups in total. The molecule has 0 saturated heterocycles. The van der Waals surface area contributed by atoms with E-state index in [1.54, 1.807) is 110 Å². The van der Waals surface area contributed by atoms with Crippen molar-refractivity contribution in [3.63, 3.8) is 0 Å². The fourth-order valence-corrected chi connectivity index (χ4v) is 5.73. The molecule has 16 heteroatoms. The Kier molecular flexibility index (Phi) is 9.92. The van der Waals surface area contributed by atoms with Crippen molar-refractivity contribution < 1.29 is 34.2 Å². The quantitative estimate of drug-likeness (QED) is 0.0722. The predicted molar refractivity (Wildman–Crippen MR) is 191 cm³/mol. The third-order valence-corrected chi connectivity index (χ3v) is 7.91. The molecule has 9 aromatic rings. The Balaban J connectivity index is 0.000000133. The molecule has 0 saturated carbocycles. The van der Waals surface area contributed by atoms with E-state index in [1.807, 2.05) is 0 Å². The van der Waals surface area contributed by atoms with Crippen molar-refractivity contribution in [2.24, 2.45) is 0 Å². The van der Waals surface area contributed by atoms with Gasteiger partial charge in [0.05, 0.1) is 47.5 Å². The first-order chi connectivity index (χ1) is 24.8. The van der Waals surface area contributed by atoms with Gasteiger partial charge in [0.15, 0.2) is 0 Å². The van der Waals surface area contributed by atoms with E-state index in [1.165, 1.54) is 18.2 Å². The first-order valence-electron chi connectivity index (χ1n) is 15.1. The molecule has 0 aliphatic heterocycles. The summed E-state index contributed by atoms with van der Waals surface area (Å²) in [6, 6.07) is 25.4. The van der Waals surface area contributed by atoms with Crippen LogP contribution in [0.1, 0.15) is 0 Å². The molecule has 6 heterocycles. The number of rotatable bonds is 3. The van der Waals surface area contributed by atoms with E-state index in [0.29, 0.717) is 49.3 Å². The van der Waals surface area contributed by atoms with Crippen LogP contribution in [0.4, 0.5) is 17.1 Å². The summed E-state index contributed by atoms with van der Waals surface area (Å²) in [6.07, 6.45) is 9.80. The molecule has 52 heavy (non-hydrogen) atoms. The molecule has 0 unspecified atom stereocenters. The summed E-state index contributed by atoms with van der Waals surface area (Å²) in [5.74, 6) is 0. The van der Waals surface area contributed by atoms with Crippen LogP contribution in [0, 0.1) is 30.3 Å². The Morgan fingerprint density at radius 1 is 0.365 bits per heavy atom. The van der Waals surface area contributed by atoms with Gasteiger partial charge in [0.1, 0.15) is 16.6 Å². The number of aromatic nitrogens is 6. The van der Waals surface area contributed by atoms with Gasteiger partial charge in [-0.1, -0.05) is 18.2 Å². The van der Waals surface area contributed by atoms with Crippen molar-refractivity contribution in [2.45, 2.75) is 0 Å². The van der Waals surface area contributed by atoms with Gasteiger partial charge >= 0.3 is 0 Å². The van der Waals surface area contributed by atoms with Gasteiger partial charge in [0.25, 0.3) is 17.1 Å².